The number of hydrogen-bond acceptors (Lipinski definition) is 2. The molecule has 0 spiro atoms. The van der Waals surface area contributed by atoms with Crippen LogP contribution < -0.4 is 11.1 Å². The summed E-state index contributed by atoms with van der Waals surface area (Å²) in [5, 5.41) is 2.71. The Bertz CT molecular complexity index is 415. The number of rotatable bonds is 1. The predicted octanol–water partition coefficient (Wildman–Crippen LogP) is 0.673. The Balaban J connectivity index is 2.30. The number of hydrogen-bond donors (Lipinski definition) is 2. The van der Waals surface area contributed by atoms with E-state index in [-0.39, 0.29) is 5.91 Å². The van der Waals surface area contributed by atoms with Gasteiger partial charge in [0.2, 0.25) is 11.8 Å². The molecule has 1 aromatic carbocycles. The molecule has 1 aromatic rings. The summed E-state index contributed by atoms with van der Waals surface area (Å²) in [6.07, 6.45) is 1.18. The second-order valence-corrected chi connectivity index (χ2v) is 3.64. The van der Waals surface area contributed by atoms with Crippen molar-refractivity contribution >= 4 is 17.5 Å². The minimum absolute atomic E-state index is 0.299. The topological polar surface area (TPSA) is 72.2 Å². The molecule has 1 unspecified atom stereocenters. The molecule has 0 aliphatic carbocycles. The maximum absolute atomic E-state index is 11.6. The number of nitrogens with one attached hydrogen (secondary N) is 1. The summed E-state index contributed by atoms with van der Waals surface area (Å²) in [7, 11) is 0. The van der Waals surface area contributed by atoms with Crippen LogP contribution in [0.5, 0.6) is 0 Å². The van der Waals surface area contributed by atoms with Crippen LogP contribution >= 0.6 is 0 Å². The van der Waals surface area contributed by atoms with Crippen molar-refractivity contribution in [1.29, 1.82) is 0 Å². The molecule has 1 aliphatic heterocycles. The van der Waals surface area contributed by atoms with Crippen LogP contribution in [-0.4, -0.2) is 11.8 Å². The van der Waals surface area contributed by atoms with E-state index in [4.69, 9.17) is 5.73 Å². The number of aryl methyl sites for hydroxylation is 1. The molecule has 4 heteroatoms. The fourth-order valence-corrected chi connectivity index (χ4v) is 1.78. The molecule has 0 aromatic heterocycles. The van der Waals surface area contributed by atoms with Crippen molar-refractivity contribution in [2.45, 2.75) is 12.8 Å². The number of carbonyl (C=O) groups excluding carboxylic acids is 2. The molecule has 15 heavy (non-hydrogen) atoms. The molecule has 3 N–H and O–H groups in total. The zero-order chi connectivity index (χ0) is 10.8. The number of fused-ring (bicyclic) bond motifs is 1. The summed E-state index contributed by atoms with van der Waals surface area (Å²) in [5.74, 6) is -1.56. The quantitative estimate of drug-likeness (QED) is 0.660. The summed E-state index contributed by atoms with van der Waals surface area (Å²) in [4.78, 5) is 22.6. The van der Waals surface area contributed by atoms with Gasteiger partial charge in [-0.2, -0.15) is 0 Å². The third-order valence-electron chi connectivity index (χ3n) is 2.64. The first-order chi connectivity index (χ1) is 7.18. The van der Waals surface area contributed by atoms with Crippen molar-refractivity contribution in [3.05, 3.63) is 29.8 Å². The zero-order valence-electron chi connectivity index (χ0n) is 8.19. The minimum atomic E-state index is -0.711. The van der Waals surface area contributed by atoms with Crippen LogP contribution in [0.3, 0.4) is 0 Å². The first kappa shape index (κ1) is 9.71. The highest BCUT2D eigenvalue weighted by atomic mass is 16.2. The molecular weight excluding hydrogens is 192 g/mol. The molecular formula is C11H12N2O2. The molecule has 0 bridgehead atoms. The largest absolute Gasteiger partial charge is 0.369 e. The molecule has 0 saturated carbocycles. The van der Waals surface area contributed by atoms with Gasteiger partial charge in [0.15, 0.2) is 0 Å². The molecule has 4 nitrogen and oxygen atoms in total. The summed E-state index contributed by atoms with van der Waals surface area (Å²) < 4.78 is 0. The number of benzene rings is 1. The smallest absolute Gasteiger partial charge is 0.236 e. The Hall–Kier alpha value is -1.84. The van der Waals surface area contributed by atoms with E-state index in [9.17, 15) is 9.59 Å². The van der Waals surface area contributed by atoms with Gasteiger partial charge in [0.05, 0.1) is 0 Å². The Labute approximate surface area is 87.5 Å². The molecule has 0 saturated heterocycles. The van der Waals surface area contributed by atoms with Crippen LogP contribution in [0, 0.1) is 5.92 Å². The molecule has 1 atom stereocenters. The van der Waals surface area contributed by atoms with Gasteiger partial charge >= 0.3 is 0 Å². The third-order valence-corrected chi connectivity index (χ3v) is 2.64. The standard InChI is InChI=1S/C11H12N2O2/c12-10(14)8-6-5-7-3-1-2-4-9(7)13-11(8)15/h1-4,8H,5-6H2,(H2,12,14)(H,13,15). The van der Waals surface area contributed by atoms with E-state index in [0.29, 0.717) is 12.8 Å². The van der Waals surface area contributed by atoms with E-state index in [1.807, 2.05) is 24.3 Å². The van der Waals surface area contributed by atoms with E-state index in [2.05, 4.69) is 5.32 Å². The van der Waals surface area contributed by atoms with Gasteiger partial charge in [-0.25, -0.2) is 0 Å². The van der Waals surface area contributed by atoms with Gasteiger partial charge in [0.1, 0.15) is 5.92 Å². The van der Waals surface area contributed by atoms with Crippen molar-refractivity contribution in [1.82, 2.24) is 0 Å². The number of anilines is 1. The second kappa shape index (κ2) is 3.73. The summed E-state index contributed by atoms with van der Waals surface area (Å²) in [6.45, 7) is 0. The zero-order valence-corrected chi connectivity index (χ0v) is 8.19. The Morgan fingerprint density at radius 1 is 1.40 bits per heavy atom. The summed E-state index contributed by atoms with van der Waals surface area (Å²) in [6, 6.07) is 7.54. The SMILES string of the molecule is NC(=O)C1CCc2ccccc2NC1=O. The van der Waals surface area contributed by atoms with Crippen LogP contribution in [0.25, 0.3) is 0 Å². The monoisotopic (exact) mass is 204 g/mol. The lowest BCUT2D eigenvalue weighted by Gasteiger charge is -2.08. The summed E-state index contributed by atoms with van der Waals surface area (Å²) >= 11 is 0. The molecule has 1 aliphatic rings. The van der Waals surface area contributed by atoms with E-state index in [0.717, 1.165) is 11.3 Å². The highest BCUT2D eigenvalue weighted by Crippen LogP contribution is 2.23. The molecule has 0 radical (unpaired) electrons. The molecule has 0 fully saturated rings. The first-order valence-electron chi connectivity index (χ1n) is 4.86. The van der Waals surface area contributed by atoms with Gasteiger partial charge in [-0.3, -0.25) is 9.59 Å². The number of nitrogens with two attached hydrogens (primary N) is 1. The number of primary amides is 1. The van der Waals surface area contributed by atoms with Gasteiger partial charge in [0.25, 0.3) is 0 Å². The third kappa shape index (κ3) is 1.83. The van der Waals surface area contributed by atoms with Crippen molar-refractivity contribution in [2.75, 3.05) is 5.32 Å². The van der Waals surface area contributed by atoms with Crippen molar-refractivity contribution in [3.63, 3.8) is 0 Å². The molecule has 1 heterocycles. The van der Waals surface area contributed by atoms with E-state index in [1.54, 1.807) is 0 Å². The van der Waals surface area contributed by atoms with Crippen molar-refractivity contribution in [2.24, 2.45) is 11.7 Å². The average molecular weight is 204 g/mol. The van der Waals surface area contributed by atoms with Crippen molar-refractivity contribution in [3.8, 4) is 0 Å². The van der Waals surface area contributed by atoms with Crippen LogP contribution in [0.4, 0.5) is 5.69 Å². The molecule has 78 valence electrons. The lowest BCUT2D eigenvalue weighted by molar-refractivity contribution is -0.130. The lowest BCUT2D eigenvalue weighted by atomic mass is 10.0. The predicted molar refractivity (Wildman–Crippen MR) is 56.1 cm³/mol. The Morgan fingerprint density at radius 3 is 2.87 bits per heavy atom. The molecule has 2 rings (SSSR count). The maximum atomic E-state index is 11.6. The van der Waals surface area contributed by atoms with Crippen LogP contribution in [0.15, 0.2) is 24.3 Å². The first-order valence-corrected chi connectivity index (χ1v) is 4.86. The van der Waals surface area contributed by atoms with Crippen molar-refractivity contribution < 1.29 is 9.59 Å². The van der Waals surface area contributed by atoms with Gasteiger partial charge < -0.3 is 11.1 Å². The van der Waals surface area contributed by atoms with Gasteiger partial charge in [-0.05, 0) is 24.5 Å². The van der Waals surface area contributed by atoms with Crippen LogP contribution in [0.1, 0.15) is 12.0 Å². The van der Waals surface area contributed by atoms with Crippen LogP contribution in [-0.2, 0) is 16.0 Å². The normalized spacial score (nSPS) is 20.0. The number of para-hydroxylation sites is 1. The number of carbonyl (C=O) groups is 2. The Morgan fingerprint density at radius 2 is 2.13 bits per heavy atom. The maximum Gasteiger partial charge on any atom is 0.236 e. The highest BCUT2D eigenvalue weighted by molar-refractivity contribution is 6.06. The van der Waals surface area contributed by atoms with Crippen LogP contribution in [0.2, 0.25) is 0 Å². The average Bonchev–Trinajstić information content (AvgIpc) is 2.35. The molecule has 2 amide bonds. The second-order valence-electron chi connectivity index (χ2n) is 3.64. The van der Waals surface area contributed by atoms with Gasteiger partial charge in [-0.15, -0.1) is 0 Å². The highest BCUT2D eigenvalue weighted by Gasteiger charge is 2.27. The Kier molecular flexibility index (Phi) is 2.41. The fraction of sp³-hybridized carbons (Fsp3) is 0.273. The fourth-order valence-electron chi connectivity index (χ4n) is 1.78. The minimum Gasteiger partial charge on any atom is -0.369 e. The van der Waals surface area contributed by atoms with E-state index >= 15 is 0 Å². The van der Waals surface area contributed by atoms with E-state index in [1.165, 1.54) is 0 Å². The van der Waals surface area contributed by atoms with Gasteiger partial charge in [0, 0.05) is 5.69 Å². The lowest BCUT2D eigenvalue weighted by Crippen LogP contribution is -2.33. The van der Waals surface area contributed by atoms with E-state index < -0.39 is 11.8 Å². The van der Waals surface area contributed by atoms with Gasteiger partial charge in [-0.1, -0.05) is 18.2 Å². The number of amides is 2. The summed E-state index contributed by atoms with van der Waals surface area (Å²) in [5.41, 5.74) is 7.00.